The predicted octanol–water partition coefficient (Wildman–Crippen LogP) is 1.89. The Bertz CT molecular complexity index is 499. The van der Waals surface area contributed by atoms with Gasteiger partial charge in [0.25, 0.3) is 5.91 Å². The van der Waals surface area contributed by atoms with Crippen molar-refractivity contribution in [2.45, 2.75) is 63.8 Å². The molecule has 0 aromatic rings. The van der Waals surface area contributed by atoms with Crippen LogP contribution >= 0.6 is 0 Å². The van der Waals surface area contributed by atoms with E-state index in [1.165, 1.54) is 0 Å². The fourth-order valence-electron chi connectivity index (χ4n) is 4.19. The van der Waals surface area contributed by atoms with Gasteiger partial charge in [-0.3, -0.25) is 14.5 Å². The van der Waals surface area contributed by atoms with Crippen LogP contribution in [0.4, 0.5) is 4.79 Å². The van der Waals surface area contributed by atoms with Gasteiger partial charge < -0.3 is 10.2 Å². The van der Waals surface area contributed by atoms with Gasteiger partial charge in [0.15, 0.2) is 0 Å². The molecule has 2 heterocycles. The van der Waals surface area contributed by atoms with Gasteiger partial charge in [0.05, 0.1) is 0 Å². The van der Waals surface area contributed by atoms with Gasteiger partial charge in [0.2, 0.25) is 5.91 Å². The Labute approximate surface area is 137 Å². The fraction of sp³-hybridized carbons (Fsp3) is 0.824. The highest BCUT2D eigenvalue weighted by Crippen LogP contribution is 2.38. The van der Waals surface area contributed by atoms with E-state index in [9.17, 15) is 14.4 Å². The second kappa shape index (κ2) is 6.49. The van der Waals surface area contributed by atoms with Crippen molar-refractivity contribution < 1.29 is 14.4 Å². The maximum absolute atomic E-state index is 12.9. The third-order valence-corrected chi connectivity index (χ3v) is 5.75. The Morgan fingerprint density at radius 3 is 2.48 bits per heavy atom. The molecule has 2 atom stereocenters. The molecule has 2 aliphatic heterocycles. The van der Waals surface area contributed by atoms with Crippen molar-refractivity contribution in [2.24, 2.45) is 5.92 Å². The molecule has 0 aromatic carbocycles. The van der Waals surface area contributed by atoms with Crippen molar-refractivity contribution in [1.29, 1.82) is 0 Å². The summed E-state index contributed by atoms with van der Waals surface area (Å²) in [6, 6.07) is -0.396. The highest BCUT2D eigenvalue weighted by molar-refractivity contribution is 6.09. The van der Waals surface area contributed by atoms with E-state index in [1.54, 1.807) is 0 Å². The van der Waals surface area contributed by atoms with Gasteiger partial charge in [-0.15, -0.1) is 0 Å². The first-order valence-electron chi connectivity index (χ1n) is 8.96. The van der Waals surface area contributed by atoms with Crippen LogP contribution in [0.1, 0.15) is 58.3 Å². The zero-order chi connectivity index (χ0) is 16.4. The van der Waals surface area contributed by atoms with Crippen molar-refractivity contribution in [1.82, 2.24) is 15.1 Å². The van der Waals surface area contributed by atoms with E-state index in [0.717, 1.165) is 62.9 Å². The SMILES string of the molecule is C[C@@H]1CCCC[C@]12NC(=O)N(CC(=O)N1CCCCCC1)C2=O. The van der Waals surface area contributed by atoms with Crippen LogP contribution < -0.4 is 5.32 Å². The number of carbonyl (C=O) groups excluding carboxylic acids is 3. The molecule has 1 N–H and O–H groups in total. The summed E-state index contributed by atoms with van der Waals surface area (Å²) in [5.41, 5.74) is -0.769. The van der Waals surface area contributed by atoms with Crippen molar-refractivity contribution in [3.05, 3.63) is 0 Å². The van der Waals surface area contributed by atoms with Crippen LogP contribution in [0.15, 0.2) is 0 Å². The summed E-state index contributed by atoms with van der Waals surface area (Å²) < 4.78 is 0. The number of imide groups is 1. The molecule has 1 saturated carbocycles. The molecule has 128 valence electrons. The van der Waals surface area contributed by atoms with E-state index in [2.05, 4.69) is 5.32 Å². The Balaban J connectivity index is 1.69. The number of rotatable bonds is 2. The number of nitrogens with zero attached hydrogens (tertiary/aromatic N) is 2. The zero-order valence-corrected chi connectivity index (χ0v) is 14.0. The first kappa shape index (κ1) is 16.3. The number of urea groups is 1. The van der Waals surface area contributed by atoms with Gasteiger partial charge in [-0.25, -0.2) is 4.79 Å². The highest BCUT2D eigenvalue weighted by atomic mass is 16.2. The molecule has 0 unspecified atom stereocenters. The lowest BCUT2D eigenvalue weighted by Crippen LogP contribution is -2.54. The van der Waals surface area contributed by atoms with Crippen LogP contribution in [0.5, 0.6) is 0 Å². The minimum Gasteiger partial charge on any atom is -0.341 e. The van der Waals surface area contributed by atoms with Gasteiger partial charge in [-0.05, 0) is 31.6 Å². The molecule has 0 radical (unpaired) electrons. The minimum atomic E-state index is -0.769. The normalized spacial score (nSPS) is 32.1. The lowest BCUT2D eigenvalue weighted by atomic mass is 9.73. The van der Waals surface area contributed by atoms with Crippen LogP contribution in [0, 0.1) is 5.92 Å². The largest absolute Gasteiger partial charge is 0.341 e. The van der Waals surface area contributed by atoms with Gasteiger partial charge in [-0.1, -0.05) is 32.6 Å². The Morgan fingerprint density at radius 1 is 1.13 bits per heavy atom. The molecule has 1 spiro atoms. The summed E-state index contributed by atoms with van der Waals surface area (Å²) in [6.07, 6.45) is 7.98. The second-order valence-corrected chi connectivity index (χ2v) is 7.23. The first-order chi connectivity index (χ1) is 11.0. The van der Waals surface area contributed by atoms with Crippen molar-refractivity contribution >= 4 is 17.8 Å². The molecular formula is C17H27N3O3. The average Bonchev–Trinajstić information content (AvgIpc) is 2.75. The molecule has 6 nitrogen and oxygen atoms in total. The van der Waals surface area contributed by atoms with Gasteiger partial charge >= 0.3 is 6.03 Å². The molecule has 0 bridgehead atoms. The van der Waals surface area contributed by atoms with E-state index in [0.29, 0.717) is 6.42 Å². The molecule has 3 rings (SSSR count). The number of hydrogen-bond acceptors (Lipinski definition) is 3. The number of likely N-dealkylation sites (tertiary alicyclic amines) is 1. The van der Waals surface area contributed by atoms with Crippen molar-refractivity contribution in [2.75, 3.05) is 19.6 Å². The Hall–Kier alpha value is -1.59. The molecule has 3 aliphatic rings. The standard InChI is InChI=1S/C17H27N3O3/c1-13-8-4-5-9-17(13)15(22)20(16(23)18-17)12-14(21)19-10-6-2-3-7-11-19/h13H,2-12H2,1H3,(H,18,23)/t13-,17+/m1/s1. The Morgan fingerprint density at radius 2 is 1.83 bits per heavy atom. The zero-order valence-electron chi connectivity index (χ0n) is 14.0. The van der Waals surface area contributed by atoms with Gasteiger partial charge in [0, 0.05) is 13.1 Å². The molecular weight excluding hydrogens is 294 g/mol. The number of amides is 4. The van der Waals surface area contributed by atoms with E-state index in [-0.39, 0.29) is 24.3 Å². The number of nitrogens with one attached hydrogen (secondary N) is 1. The number of carbonyl (C=O) groups is 3. The summed E-state index contributed by atoms with van der Waals surface area (Å²) >= 11 is 0. The molecule has 4 amide bonds. The molecule has 2 saturated heterocycles. The summed E-state index contributed by atoms with van der Waals surface area (Å²) in [4.78, 5) is 40.6. The molecule has 0 aromatic heterocycles. The fourth-order valence-corrected chi connectivity index (χ4v) is 4.19. The van der Waals surface area contributed by atoms with Crippen molar-refractivity contribution in [3.63, 3.8) is 0 Å². The molecule has 1 aliphatic carbocycles. The topological polar surface area (TPSA) is 69.7 Å². The maximum atomic E-state index is 12.9. The summed E-state index contributed by atoms with van der Waals surface area (Å²) in [7, 11) is 0. The van der Waals surface area contributed by atoms with Gasteiger partial charge in [-0.2, -0.15) is 0 Å². The Kier molecular flexibility index (Phi) is 4.60. The maximum Gasteiger partial charge on any atom is 0.325 e. The predicted molar refractivity (Wildman–Crippen MR) is 85.7 cm³/mol. The third kappa shape index (κ3) is 2.95. The lowest BCUT2D eigenvalue weighted by Gasteiger charge is -2.36. The van der Waals surface area contributed by atoms with Crippen LogP contribution in [0.2, 0.25) is 0 Å². The monoisotopic (exact) mass is 321 g/mol. The van der Waals surface area contributed by atoms with Crippen LogP contribution in [-0.2, 0) is 9.59 Å². The summed E-state index contributed by atoms with van der Waals surface area (Å²) in [5.74, 6) is -0.167. The average molecular weight is 321 g/mol. The van der Waals surface area contributed by atoms with Crippen LogP contribution in [-0.4, -0.2) is 52.8 Å². The number of hydrogen-bond donors (Lipinski definition) is 1. The highest BCUT2D eigenvalue weighted by Gasteiger charge is 2.55. The van der Waals surface area contributed by atoms with E-state index < -0.39 is 11.6 Å². The summed E-state index contributed by atoms with van der Waals surface area (Å²) in [5, 5.41) is 2.91. The van der Waals surface area contributed by atoms with Crippen LogP contribution in [0.3, 0.4) is 0 Å². The van der Waals surface area contributed by atoms with E-state index in [1.807, 2.05) is 11.8 Å². The summed E-state index contributed by atoms with van der Waals surface area (Å²) in [6.45, 7) is 3.39. The first-order valence-corrected chi connectivity index (χ1v) is 8.96. The smallest absolute Gasteiger partial charge is 0.325 e. The van der Waals surface area contributed by atoms with E-state index >= 15 is 0 Å². The molecule has 6 heteroatoms. The molecule has 3 fully saturated rings. The third-order valence-electron chi connectivity index (χ3n) is 5.75. The molecule has 23 heavy (non-hydrogen) atoms. The minimum absolute atomic E-state index is 0.101. The van der Waals surface area contributed by atoms with Crippen LogP contribution in [0.25, 0.3) is 0 Å². The van der Waals surface area contributed by atoms with Gasteiger partial charge in [0.1, 0.15) is 12.1 Å². The van der Waals surface area contributed by atoms with Crippen molar-refractivity contribution in [3.8, 4) is 0 Å². The van der Waals surface area contributed by atoms with E-state index in [4.69, 9.17) is 0 Å². The second-order valence-electron chi connectivity index (χ2n) is 7.23. The quantitative estimate of drug-likeness (QED) is 0.790. The lowest BCUT2D eigenvalue weighted by molar-refractivity contribution is -0.140.